The van der Waals surface area contributed by atoms with Gasteiger partial charge in [0.15, 0.2) is 0 Å². The minimum Gasteiger partial charge on any atom is -0.301 e. The Hall–Kier alpha value is -2.01. The number of rotatable bonds is 4. The van der Waals surface area contributed by atoms with Crippen molar-refractivity contribution in [2.24, 2.45) is 0 Å². The van der Waals surface area contributed by atoms with Crippen molar-refractivity contribution in [2.75, 3.05) is 10.0 Å². The number of nitrogens with zero attached hydrogens (tertiary/aromatic N) is 3. The van der Waals surface area contributed by atoms with Gasteiger partial charge in [-0.15, -0.1) is 10.2 Å². The first kappa shape index (κ1) is 12.4. The van der Waals surface area contributed by atoms with Crippen LogP contribution in [0.3, 0.4) is 0 Å². The Bertz CT molecular complexity index is 647. The quantitative estimate of drug-likeness (QED) is 0.680. The second kappa shape index (κ2) is 4.70. The number of anilines is 2. The zero-order chi connectivity index (χ0) is 13.2. The van der Waals surface area contributed by atoms with Crippen LogP contribution in [-0.2, 0) is 14.8 Å². The molecule has 2 rings (SSSR count). The molecule has 0 aliphatic rings. The van der Waals surface area contributed by atoms with Crippen LogP contribution in [0.5, 0.6) is 0 Å². The lowest BCUT2D eigenvalue weighted by molar-refractivity contribution is -0.114. The molecule has 0 saturated heterocycles. The lowest BCUT2D eigenvalue weighted by atomic mass is 10.6. The fourth-order valence-electron chi connectivity index (χ4n) is 1.02. The van der Waals surface area contributed by atoms with E-state index < -0.39 is 10.0 Å². The molecule has 9 nitrogen and oxygen atoms in total. The van der Waals surface area contributed by atoms with Gasteiger partial charge in [0.2, 0.25) is 11.0 Å². The molecule has 1 amide bonds. The van der Waals surface area contributed by atoms with Gasteiger partial charge in [-0.1, -0.05) is 11.3 Å². The molecule has 0 fully saturated rings. The van der Waals surface area contributed by atoms with Gasteiger partial charge in [0, 0.05) is 13.1 Å². The minimum absolute atomic E-state index is 0.120. The van der Waals surface area contributed by atoms with Crippen LogP contribution in [0.1, 0.15) is 6.92 Å². The number of amides is 1. The Morgan fingerprint density at radius 2 is 2.22 bits per heavy atom. The third kappa shape index (κ3) is 2.81. The molecule has 0 spiro atoms. The summed E-state index contributed by atoms with van der Waals surface area (Å²) >= 11 is 0.755. The van der Waals surface area contributed by atoms with Crippen LogP contribution in [0.4, 0.5) is 10.8 Å². The average Bonchev–Trinajstić information content (AvgIpc) is 2.87. The number of aromatic amines is 1. The van der Waals surface area contributed by atoms with Gasteiger partial charge in [-0.3, -0.25) is 14.6 Å². The number of nitrogens with one attached hydrogen (secondary N) is 3. The van der Waals surface area contributed by atoms with E-state index in [2.05, 4.69) is 30.4 Å². The summed E-state index contributed by atoms with van der Waals surface area (Å²) in [6, 6.07) is 0. The second-order valence-corrected chi connectivity index (χ2v) is 5.98. The summed E-state index contributed by atoms with van der Waals surface area (Å²) in [5, 5.41) is 15.6. The Labute approximate surface area is 106 Å². The Balaban J connectivity index is 2.19. The van der Waals surface area contributed by atoms with E-state index in [0.717, 1.165) is 11.3 Å². The number of sulfonamides is 1. The summed E-state index contributed by atoms with van der Waals surface area (Å²) in [6.07, 6.45) is 2.70. The molecule has 2 aromatic heterocycles. The lowest BCUT2D eigenvalue weighted by Gasteiger charge is -2.00. The molecule has 0 aromatic carbocycles. The molecule has 96 valence electrons. The Kier molecular flexibility index (Phi) is 3.25. The second-order valence-electron chi connectivity index (χ2n) is 3.15. The number of carbonyl (C=O) groups excluding carboxylic acids is 1. The molecule has 3 N–H and O–H groups in total. The Morgan fingerprint density at radius 3 is 2.83 bits per heavy atom. The summed E-state index contributed by atoms with van der Waals surface area (Å²) in [6.45, 7) is 1.29. The van der Waals surface area contributed by atoms with E-state index >= 15 is 0 Å². The predicted molar refractivity (Wildman–Crippen MR) is 63.6 cm³/mol. The smallest absolute Gasteiger partial charge is 0.291 e. The molecular formula is C7H8N6O3S2. The van der Waals surface area contributed by atoms with Gasteiger partial charge in [0.1, 0.15) is 0 Å². The number of hydrogen-bond donors (Lipinski definition) is 3. The van der Waals surface area contributed by atoms with E-state index in [0.29, 0.717) is 0 Å². The molecule has 0 saturated carbocycles. The average molecular weight is 288 g/mol. The van der Waals surface area contributed by atoms with E-state index in [1.165, 1.54) is 19.3 Å². The zero-order valence-electron chi connectivity index (χ0n) is 9.04. The normalized spacial score (nSPS) is 11.2. The largest absolute Gasteiger partial charge is 0.301 e. The van der Waals surface area contributed by atoms with Gasteiger partial charge in [0.25, 0.3) is 14.4 Å². The third-order valence-electron chi connectivity index (χ3n) is 1.67. The molecule has 0 radical (unpaired) electrons. The predicted octanol–water partition coefficient (Wildman–Crippen LogP) is 0.0204. The summed E-state index contributed by atoms with van der Waals surface area (Å²) in [5.41, 5.74) is 0.284. The number of aromatic nitrogens is 4. The highest BCUT2D eigenvalue weighted by Gasteiger charge is 2.20. The molecule has 0 aliphatic heterocycles. The molecule has 0 unspecified atom stereocenters. The summed E-state index contributed by atoms with van der Waals surface area (Å²) in [7, 11) is -3.81. The van der Waals surface area contributed by atoms with Crippen molar-refractivity contribution in [2.45, 2.75) is 11.3 Å². The first-order valence-electron chi connectivity index (χ1n) is 4.60. The number of carbonyl (C=O) groups is 1. The summed E-state index contributed by atoms with van der Waals surface area (Å²) in [4.78, 5) is 10.8. The SMILES string of the molecule is CC(=O)Nc1nnc(S(=O)(=O)Nc2cn[nH]c2)s1. The van der Waals surface area contributed by atoms with E-state index in [1.807, 2.05) is 0 Å². The maximum atomic E-state index is 11.8. The van der Waals surface area contributed by atoms with Crippen LogP contribution < -0.4 is 10.0 Å². The molecular weight excluding hydrogens is 280 g/mol. The molecule has 0 atom stereocenters. The highest BCUT2D eigenvalue weighted by molar-refractivity contribution is 7.94. The summed E-state index contributed by atoms with van der Waals surface area (Å²) in [5.74, 6) is -0.349. The maximum Gasteiger partial charge on any atom is 0.291 e. The highest BCUT2D eigenvalue weighted by atomic mass is 32.2. The van der Waals surface area contributed by atoms with Crippen molar-refractivity contribution >= 4 is 38.1 Å². The first-order valence-corrected chi connectivity index (χ1v) is 6.90. The molecule has 18 heavy (non-hydrogen) atoms. The van der Waals surface area contributed by atoms with Crippen LogP contribution in [0.15, 0.2) is 16.7 Å². The van der Waals surface area contributed by atoms with Crippen LogP contribution in [0.25, 0.3) is 0 Å². The van der Waals surface area contributed by atoms with Gasteiger partial charge in [-0.2, -0.15) is 13.5 Å². The monoisotopic (exact) mass is 288 g/mol. The molecule has 0 bridgehead atoms. The fourth-order valence-corrected chi connectivity index (χ4v) is 3.01. The molecule has 11 heteroatoms. The van der Waals surface area contributed by atoms with Gasteiger partial charge < -0.3 is 5.32 Å². The van der Waals surface area contributed by atoms with Crippen molar-refractivity contribution in [3.63, 3.8) is 0 Å². The van der Waals surface area contributed by atoms with Gasteiger partial charge in [-0.25, -0.2) is 0 Å². The van der Waals surface area contributed by atoms with Crippen molar-refractivity contribution in [1.29, 1.82) is 0 Å². The van der Waals surface area contributed by atoms with Gasteiger partial charge in [-0.05, 0) is 0 Å². The van der Waals surface area contributed by atoms with E-state index in [1.54, 1.807) is 0 Å². The van der Waals surface area contributed by atoms with Crippen molar-refractivity contribution in [1.82, 2.24) is 20.4 Å². The molecule has 2 aromatic rings. The van der Waals surface area contributed by atoms with Crippen LogP contribution in [-0.4, -0.2) is 34.7 Å². The van der Waals surface area contributed by atoms with Crippen molar-refractivity contribution < 1.29 is 13.2 Å². The van der Waals surface area contributed by atoms with Crippen LogP contribution in [0, 0.1) is 0 Å². The van der Waals surface area contributed by atoms with E-state index in [-0.39, 0.29) is 21.1 Å². The minimum atomic E-state index is -3.81. The first-order chi connectivity index (χ1) is 8.47. The number of H-pyrrole nitrogens is 1. The van der Waals surface area contributed by atoms with Crippen molar-refractivity contribution in [3.05, 3.63) is 12.4 Å². The topological polar surface area (TPSA) is 130 Å². The van der Waals surface area contributed by atoms with E-state index in [4.69, 9.17) is 0 Å². The van der Waals surface area contributed by atoms with Crippen LogP contribution >= 0.6 is 11.3 Å². The highest BCUT2D eigenvalue weighted by Crippen LogP contribution is 2.21. The Morgan fingerprint density at radius 1 is 1.44 bits per heavy atom. The molecule has 0 aliphatic carbocycles. The third-order valence-corrected chi connectivity index (χ3v) is 4.26. The summed E-state index contributed by atoms with van der Waals surface area (Å²) < 4.78 is 25.7. The fraction of sp³-hybridized carbons (Fsp3) is 0.143. The lowest BCUT2D eigenvalue weighted by Crippen LogP contribution is -2.12. The van der Waals surface area contributed by atoms with Gasteiger partial charge in [0.05, 0.1) is 11.9 Å². The molecule has 2 heterocycles. The zero-order valence-corrected chi connectivity index (χ0v) is 10.7. The van der Waals surface area contributed by atoms with E-state index in [9.17, 15) is 13.2 Å². The van der Waals surface area contributed by atoms with Gasteiger partial charge >= 0.3 is 0 Å². The maximum absolute atomic E-state index is 11.8. The standard InChI is InChI=1S/C7H8N6O3S2/c1-4(14)10-6-11-12-7(17-6)18(15,16)13-5-2-8-9-3-5/h2-3,13H,1H3,(H,8,9)(H,10,11,14). The number of hydrogen-bond acceptors (Lipinski definition) is 7. The van der Waals surface area contributed by atoms with Crippen LogP contribution in [0.2, 0.25) is 0 Å². The van der Waals surface area contributed by atoms with Crippen molar-refractivity contribution in [3.8, 4) is 0 Å².